The Bertz CT molecular complexity index is 488. The summed E-state index contributed by atoms with van der Waals surface area (Å²) in [6.45, 7) is 0.456. The van der Waals surface area contributed by atoms with Crippen molar-refractivity contribution in [2.75, 3.05) is 25.5 Å². The van der Waals surface area contributed by atoms with Gasteiger partial charge in [0.2, 0.25) is 0 Å². The van der Waals surface area contributed by atoms with Gasteiger partial charge in [-0.1, -0.05) is 12.1 Å². The molecular weight excluding hydrogens is 248 g/mol. The average Bonchev–Trinajstić information content (AvgIpc) is 2.44. The fourth-order valence-electron chi connectivity index (χ4n) is 1.37. The summed E-state index contributed by atoms with van der Waals surface area (Å²) in [5.41, 5.74) is 5.77. The van der Waals surface area contributed by atoms with Crippen molar-refractivity contribution >= 4 is 23.4 Å². The Morgan fingerprint density at radius 3 is 2.47 bits per heavy atom. The first-order chi connectivity index (χ1) is 9.10. The first kappa shape index (κ1) is 14.7. The van der Waals surface area contributed by atoms with Crippen LogP contribution in [0.2, 0.25) is 0 Å². The summed E-state index contributed by atoms with van der Waals surface area (Å²) >= 11 is 0. The predicted octanol–water partition coefficient (Wildman–Crippen LogP) is -0.940. The number of nitrogens with one attached hydrogen (secondary N) is 3. The molecule has 0 saturated heterocycles. The van der Waals surface area contributed by atoms with E-state index in [1.54, 1.807) is 24.3 Å². The average molecular weight is 264 g/mol. The van der Waals surface area contributed by atoms with E-state index in [-0.39, 0.29) is 30.2 Å². The molecule has 0 radical (unpaired) electrons. The monoisotopic (exact) mass is 264 g/mol. The van der Waals surface area contributed by atoms with E-state index < -0.39 is 11.8 Å². The Hall–Kier alpha value is -2.41. The molecule has 102 valence electrons. The van der Waals surface area contributed by atoms with Gasteiger partial charge in [0, 0.05) is 20.1 Å². The van der Waals surface area contributed by atoms with Crippen LogP contribution in [0.1, 0.15) is 10.4 Å². The van der Waals surface area contributed by atoms with Crippen molar-refractivity contribution in [2.45, 2.75) is 0 Å². The van der Waals surface area contributed by atoms with Crippen LogP contribution in [0.5, 0.6) is 0 Å². The molecule has 5 N–H and O–H groups in total. The Morgan fingerprint density at radius 1 is 1.16 bits per heavy atom. The number of nitrogens with two attached hydrogens (primary N) is 1. The Labute approximate surface area is 110 Å². The minimum atomic E-state index is -0.843. The third kappa shape index (κ3) is 4.07. The standard InChI is InChI=1S/C12H16N4O3/c1-14-10(17)8-4-2-3-5-9(8)16-12(19)11(18)15-7-6-13/h2-5H,6-7,13H2,1H3,(H,14,17)(H,15,18)(H,16,19). The molecule has 0 fully saturated rings. The highest BCUT2D eigenvalue weighted by Gasteiger charge is 2.16. The largest absolute Gasteiger partial charge is 0.355 e. The molecular formula is C12H16N4O3. The second-order valence-corrected chi connectivity index (χ2v) is 3.62. The topological polar surface area (TPSA) is 113 Å². The quantitative estimate of drug-likeness (QED) is 0.525. The van der Waals surface area contributed by atoms with Crippen LogP contribution < -0.4 is 21.7 Å². The molecule has 1 aromatic rings. The summed E-state index contributed by atoms with van der Waals surface area (Å²) in [7, 11) is 1.48. The number of hydrogen-bond acceptors (Lipinski definition) is 4. The first-order valence-electron chi connectivity index (χ1n) is 5.70. The van der Waals surface area contributed by atoms with Gasteiger partial charge in [0.15, 0.2) is 0 Å². The molecule has 7 heteroatoms. The molecule has 0 aromatic heterocycles. The molecule has 0 aliphatic carbocycles. The van der Waals surface area contributed by atoms with Gasteiger partial charge in [-0.2, -0.15) is 0 Å². The van der Waals surface area contributed by atoms with Gasteiger partial charge in [-0.25, -0.2) is 0 Å². The molecule has 3 amide bonds. The van der Waals surface area contributed by atoms with Gasteiger partial charge in [0.05, 0.1) is 11.3 Å². The van der Waals surface area contributed by atoms with Crippen LogP contribution in [0, 0.1) is 0 Å². The summed E-state index contributed by atoms with van der Waals surface area (Å²) < 4.78 is 0. The van der Waals surface area contributed by atoms with Crippen molar-refractivity contribution in [3.8, 4) is 0 Å². The molecule has 7 nitrogen and oxygen atoms in total. The third-order valence-electron chi connectivity index (χ3n) is 2.28. The lowest BCUT2D eigenvalue weighted by molar-refractivity contribution is -0.136. The van der Waals surface area contributed by atoms with Crippen LogP contribution in [0.4, 0.5) is 5.69 Å². The van der Waals surface area contributed by atoms with E-state index in [0.717, 1.165) is 0 Å². The Kier molecular flexibility index (Phi) is 5.49. The maximum atomic E-state index is 11.6. The molecule has 1 aromatic carbocycles. The molecule has 0 unspecified atom stereocenters. The molecule has 19 heavy (non-hydrogen) atoms. The lowest BCUT2D eigenvalue weighted by Gasteiger charge is -2.09. The number of benzene rings is 1. The maximum absolute atomic E-state index is 11.6. The maximum Gasteiger partial charge on any atom is 0.313 e. The van der Waals surface area contributed by atoms with Gasteiger partial charge >= 0.3 is 11.8 Å². The minimum Gasteiger partial charge on any atom is -0.355 e. The first-order valence-corrected chi connectivity index (χ1v) is 5.70. The zero-order valence-electron chi connectivity index (χ0n) is 10.5. The van der Waals surface area contributed by atoms with Crippen molar-refractivity contribution in [1.82, 2.24) is 10.6 Å². The second kappa shape index (κ2) is 7.12. The Balaban J connectivity index is 2.79. The summed E-state index contributed by atoms with van der Waals surface area (Å²) in [5.74, 6) is -1.99. The summed E-state index contributed by atoms with van der Waals surface area (Å²) in [4.78, 5) is 34.5. The SMILES string of the molecule is CNC(=O)c1ccccc1NC(=O)C(=O)NCCN. The third-order valence-corrected chi connectivity index (χ3v) is 2.28. The number of carbonyl (C=O) groups is 3. The molecule has 0 bridgehead atoms. The van der Waals surface area contributed by atoms with Gasteiger partial charge in [-0.05, 0) is 12.1 Å². The smallest absolute Gasteiger partial charge is 0.313 e. The number of rotatable bonds is 4. The van der Waals surface area contributed by atoms with Gasteiger partial charge in [0.25, 0.3) is 5.91 Å². The number of anilines is 1. The molecule has 0 heterocycles. The number of para-hydroxylation sites is 1. The van der Waals surface area contributed by atoms with Gasteiger partial charge in [-0.15, -0.1) is 0 Å². The van der Waals surface area contributed by atoms with Crippen LogP contribution in [-0.4, -0.2) is 37.9 Å². The second-order valence-electron chi connectivity index (χ2n) is 3.62. The zero-order chi connectivity index (χ0) is 14.3. The predicted molar refractivity (Wildman–Crippen MR) is 70.5 cm³/mol. The number of hydrogen-bond donors (Lipinski definition) is 4. The number of amides is 3. The fourth-order valence-corrected chi connectivity index (χ4v) is 1.37. The van der Waals surface area contributed by atoms with E-state index in [4.69, 9.17) is 5.73 Å². The highest BCUT2D eigenvalue weighted by atomic mass is 16.2. The Morgan fingerprint density at radius 2 is 1.84 bits per heavy atom. The molecule has 0 spiro atoms. The van der Waals surface area contributed by atoms with E-state index in [1.807, 2.05) is 0 Å². The molecule has 0 aliphatic rings. The summed E-state index contributed by atoms with van der Waals surface area (Å²) in [6, 6.07) is 6.40. The van der Waals surface area contributed by atoms with Crippen molar-refractivity contribution < 1.29 is 14.4 Å². The van der Waals surface area contributed by atoms with Gasteiger partial charge < -0.3 is 21.7 Å². The summed E-state index contributed by atoms with van der Waals surface area (Å²) in [6.07, 6.45) is 0. The van der Waals surface area contributed by atoms with Crippen molar-refractivity contribution in [3.05, 3.63) is 29.8 Å². The van der Waals surface area contributed by atoms with E-state index in [2.05, 4.69) is 16.0 Å². The van der Waals surface area contributed by atoms with Crippen LogP contribution in [-0.2, 0) is 9.59 Å². The summed E-state index contributed by atoms with van der Waals surface area (Å²) in [5, 5.41) is 7.17. The van der Waals surface area contributed by atoms with E-state index in [9.17, 15) is 14.4 Å². The lowest BCUT2D eigenvalue weighted by Crippen LogP contribution is -2.38. The lowest BCUT2D eigenvalue weighted by atomic mass is 10.1. The molecule has 0 saturated carbocycles. The van der Waals surface area contributed by atoms with E-state index in [0.29, 0.717) is 0 Å². The molecule has 0 aliphatic heterocycles. The molecule has 1 rings (SSSR count). The van der Waals surface area contributed by atoms with Crippen LogP contribution >= 0.6 is 0 Å². The van der Waals surface area contributed by atoms with E-state index >= 15 is 0 Å². The van der Waals surface area contributed by atoms with Crippen molar-refractivity contribution in [1.29, 1.82) is 0 Å². The fraction of sp³-hybridized carbons (Fsp3) is 0.250. The van der Waals surface area contributed by atoms with Crippen molar-refractivity contribution in [2.24, 2.45) is 5.73 Å². The van der Waals surface area contributed by atoms with E-state index in [1.165, 1.54) is 7.05 Å². The van der Waals surface area contributed by atoms with Crippen LogP contribution in [0.15, 0.2) is 24.3 Å². The van der Waals surface area contributed by atoms with Gasteiger partial charge in [-0.3, -0.25) is 14.4 Å². The van der Waals surface area contributed by atoms with Gasteiger partial charge in [0.1, 0.15) is 0 Å². The number of carbonyl (C=O) groups excluding carboxylic acids is 3. The molecule has 0 atom stereocenters. The normalized spacial score (nSPS) is 9.58. The zero-order valence-corrected chi connectivity index (χ0v) is 10.5. The van der Waals surface area contributed by atoms with Crippen LogP contribution in [0.3, 0.4) is 0 Å². The van der Waals surface area contributed by atoms with Crippen molar-refractivity contribution in [3.63, 3.8) is 0 Å². The van der Waals surface area contributed by atoms with Crippen LogP contribution in [0.25, 0.3) is 0 Å². The highest BCUT2D eigenvalue weighted by molar-refractivity contribution is 6.40. The minimum absolute atomic E-state index is 0.212. The highest BCUT2D eigenvalue weighted by Crippen LogP contribution is 2.14.